The minimum Gasteiger partial charge on any atom is -0.368 e. The van der Waals surface area contributed by atoms with Gasteiger partial charge in [0.1, 0.15) is 0 Å². The molecule has 0 aliphatic heterocycles. The Balaban J connectivity index is 2.48. The Hall–Kier alpha value is -0.570. The van der Waals surface area contributed by atoms with Crippen LogP contribution in [0.1, 0.15) is 51.9 Å². The van der Waals surface area contributed by atoms with Crippen LogP contribution in [0.5, 0.6) is 0 Å². The Bertz CT molecular complexity index is 186. The molecule has 0 spiro atoms. The molecule has 0 aromatic rings. The standard InChI is InChI=1S/C12H24N2O/c1-2-9-14-11(12(13)15)10-7-5-3-4-6-8-10/h10-11,14H,2-9H2,1H3,(H2,13,15). The van der Waals surface area contributed by atoms with E-state index in [-0.39, 0.29) is 11.9 Å². The van der Waals surface area contributed by atoms with Crippen LogP contribution in [0.25, 0.3) is 0 Å². The van der Waals surface area contributed by atoms with E-state index in [4.69, 9.17) is 5.73 Å². The first-order chi connectivity index (χ1) is 7.25. The van der Waals surface area contributed by atoms with Crippen molar-refractivity contribution in [3.63, 3.8) is 0 Å². The molecule has 15 heavy (non-hydrogen) atoms. The molecule has 1 amide bonds. The van der Waals surface area contributed by atoms with Crippen molar-refractivity contribution in [1.82, 2.24) is 5.32 Å². The van der Waals surface area contributed by atoms with Gasteiger partial charge in [-0.2, -0.15) is 0 Å². The van der Waals surface area contributed by atoms with Crippen molar-refractivity contribution in [3.05, 3.63) is 0 Å². The molecule has 0 saturated heterocycles. The van der Waals surface area contributed by atoms with Crippen LogP contribution in [0.2, 0.25) is 0 Å². The summed E-state index contributed by atoms with van der Waals surface area (Å²) in [6.45, 7) is 3.00. The van der Waals surface area contributed by atoms with Crippen LogP contribution >= 0.6 is 0 Å². The van der Waals surface area contributed by atoms with E-state index < -0.39 is 0 Å². The fraction of sp³-hybridized carbons (Fsp3) is 0.917. The summed E-state index contributed by atoms with van der Waals surface area (Å²) in [6, 6.07) is -0.0944. The summed E-state index contributed by atoms with van der Waals surface area (Å²) in [5.74, 6) is 0.298. The van der Waals surface area contributed by atoms with Gasteiger partial charge in [0.15, 0.2) is 0 Å². The first kappa shape index (κ1) is 12.5. The number of nitrogens with one attached hydrogen (secondary N) is 1. The number of amides is 1. The Labute approximate surface area is 92.8 Å². The van der Waals surface area contributed by atoms with Crippen LogP contribution in [0.15, 0.2) is 0 Å². The molecule has 88 valence electrons. The Kier molecular flexibility index (Phi) is 5.69. The van der Waals surface area contributed by atoms with E-state index in [1.807, 2.05) is 0 Å². The van der Waals surface area contributed by atoms with E-state index >= 15 is 0 Å². The van der Waals surface area contributed by atoms with Crippen molar-refractivity contribution < 1.29 is 4.79 Å². The summed E-state index contributed by atoms with van der Waals surface area (Å²) in [5.41, 5.74) is 5.46. The van der Waals surface area contributed by atoms with Crippen LogP contribution in [0.3, 0.4) is 0 Å². The molecule has 1 aliphatic rings. The van der Waals surface area contributed by atoms with Gasteiger partial charge in [0.2, 0.25) is 5.91 Å². The number of carbonyl (C=O) groups is 1. The predicted octanol–water partition coefficient (Wildman–Crippen LogP) is 1.81. The largest absolute Gasteiger partial charge is 0.368 e. The fourth-order valence-corrected chi connectivity index (χ4v) is 2.44. The lowest BCUT2D eigenvalue weighted by molar-refractivity contribution is -0.121. The molecule has 1 saturated carbocycles. The maximum Gasteiger partial charge on any atom is 0.234 e. The molecule has 0 bridgehead atoms. The smallest absolute Gasteiger partial charge is 0.234 e. The van der Waals surface area contributed by atoms with Crippen molar-refractivity contribution in [2.24, 2.45) is 11.7 Å². The summed E-state index contributed by atoms with van der Waals surface area (Å²) in [7, 11) is 0. The van der Waals surface area contributed by atoms with Gasteiger partial charge in [-0.1, -0.05) is 32.6 Å². The third-order valence-corrected chi connectivity index (χ3v) is 3.29. The molecule has 1 aliphatic carbocycles. The Morgan fingerprint density at radius 1 is 1.33 bits per heavy atom. The van der Waals surface area contributed by atoms with Gasteiger partial charge in [-0.25, -0.2) is 0 Å². The summed E-state index contributed by atoms with van der Waals surface area (Å²) in [6.07, 6.45) is 8.50. The quantitative estimate of drug-likeness (QED) is 0.683. The lowest BCUT2D eigenvalue weighted by Gasteiger charge is -2.24. The minimum atomic E-state index is -0.171. The zero-order valence-corrected chi connectivity index (χ0v) is 9.80. The molecule has 3 heteroatoms. The molecule has 0 aromatic carbocycles. The molecule has 1 atom stereocenters. The third kappa shape index (κ3) is 4.20. The first-order valence-electron chi connectivity index (χ1n) is 6.28. The molecule has 3 N–H and O–H groups in total. The monoisotopic (exact) mass is 212 g/mol. The maximum atomic E-state index is 11.4. The van der Waals surface area contributed by atoms with Gasteiger partial charge in [-0.3, -0.25) is 4.79 Å². The molecule has 0 heterocycles. The highest BCUT2D eigenvalue weighted by Gasteiger charge is 2.26. The molecule has 0 aromatic heterocycles. The van der Waals surface area contributed by atoms with E-state index in [0.29, 0.717) is 5.92 Å². The average molecular weight is 212 g/mol. The van der Waals surface area contributed by atoms with Crippen LogP contribution in [0.4, 0.5) is 0 Å². The van der Waals surface area contributed by atoms with E-state index in [9.17, 15) is 4.79 Å². The van der Waals surface area contributed by atoms with Gasteiger partial charge in [-0.05, 0) is 31.7 Å². The maximum absolute atomic E-state index is 11.4. The van der Waals surface area contributed by atoms with Crippen molar-refractivity contribution in [2.45, 2.75) is 57.9 Å². The molecular formula is C12H24N2O. The van der Waals surface area contributed by atoms with Crippen molar-refractivity contribution in [2.75, 3.05) is 6.54 Å². The van der Waals surface area contributed by atoms with Gasteiger partial charge in [0.05, 0.1) is 6.04 Å². The minimum absolute atomic E-state index is 0.0944. The highest BCUT2D eigenvalue weighted by molar-refractivity contribution is 5.80. The second-order valence-electron chi connectivity index (χ2n) is 4.59. The fourth-order valence-electron chi connectivity index (χ4n) is 2.44. The highest BCUT2D eigenvalue weighted by Crippen LogP contribution is 2.25. The molecule has 1 rings (SSSR count). The second-order valence-corrected chi connectivity index (χ2v) is 4.59. The summed E-state index contributed by atoms with van der Waals surface area (Å²) >= 11 is 0. The van der Waals surface area contributed by atoms with Gasteiger partial charge >= 0.3 is 0 Å². The summed E-state index contributed by atoms with van der Waals surface area (Å²) < 4.78 is 0. The van der Waals surface area contributed by atoms with Gasteiger partial charge in [0.25, 0.3) is 0 Å². The third-order valence-electron chi connectivity index (χ3n) is 3.29. The SMILES string of the molecule is CCCNC(C(N)=O)C1CCCCCC1. The number of hydrogen-bond donors (Lipinski definition) is 2. The van der Waals surface area contributed by atoms with E-state index in [0.717, 1.165) is 25.8 Å². The molecule has 3 nitrogen and oxygen atoms in total. The van der Waals surface area contributed by atoms with Gasteiger partial charge < -0.3 is 11.1 Å². The van der Waals surface area contributed by atoms with E-state index in [1.54, 1.807) is 0 Å². The van der Waals surface area contributed by atoms with Crippen molar-refractivity contribution >= 4 is 5.91 Å². The van der Waals surface area contributed by atoms with Gasteiger partial charge in [-0.15, -0.1) is 0 Å². The van der Waals surface area contributed by atoms with Crippen LogP contribution in [0, 0.1) is 5.92 Å². The van der Waals surface area contributed by atoms with Crippen LogP contribution in [-0.2, 0) is 4.79 Å². The summed E-state index contributed by atoms with van der Waals surface area (Å²) in [4.78, 5) is 11.4. The van der Waals surface area contributed by atoms with Crippen LogP contribution < -0.4 is 11.1 Å². The van der Waals surface area contributed by atoms with E-state index in [1.165, 1.54) is 25.7 Å². The molecule has 0 radical (unpaired) electrons. The lowest BCUT2D eigenvalue weighted by atomic mass is 9.91. The number of carbonyl (C=O) groups excluding carboxylic acids is 1. The van der Waals surface area contributed by atoms with Crippen LogP contribution in [-0.4, -0.2) is 18.5 Å². The first-order valence-corrected chi connectivity index (χ1v) is 6.28. The van der Waals surface area contributed by atoms with E-state index in [2.05, 4.69) is 12.2 Å². The normalized spacial score (nSPS) is 20.9. The van der Waals surface area contributed by atoms with Crippen molar-refractivity contribution in [3.8, 4) is 0 Å². The molecule has 1 unspecified atom stereocenters. The number of primary amides is 1. The number of nitrogens with two attached hydrogens (primary N) is 1. The number of rotatable bonds is 5. The average Bonchev–Trinajstić information content (AvgIpc) is 2.47. The highest BCUT2D eigenvalue weighted by atomic mass is 16.1. The molecule has 1 fully saturated rings. The predicted molar refractivity (Wildman–Crippen MR) is 62.5 cm³/mol. The summed E-state index contributed by atoms with van der Waals surface area (Å²) in [5, 5.41) is 3.29. The Morgan fingerprint density at radius 2 is 1.93 bits per heavy atom. The zero-order chi connectivity index (χ0) is 11.1. The molecular weight excluding hydrogens is 188 g/mol. The number of hydrogen-bond acceptors (Lipinski definition) is 2. The topological polar surface area (TPSA) is 55.1 Å². The van der Waals surface area contributed by atoms with Crippen molar-refractivity contribution in [1.29, 1.82) is 0 Å². The van der Waals surface area contributed by atoms with Gasteiger partial charge in [0, 0.05) is 0 Å². The lowest BCUT2D eigenvalue weighted by Crippen LogP contribution is -2.46. The zero-order valence-electron chi connectivity index (χ0n) is 9.80. The second kappa shape index (κ2) is 6.83. The Morgan fingerprint density at radius 3 is 2.40 bits per heavy atom.